The van der Waals surface area contributed by atoms with Crippen molar-refractivity contribution in [3.05, 3.63) is 42.2 Å². The van der Waals surface area contributed by atoms with Gasteiger partial charge in [-0.1, -0.05) is 18.2 Å². The van der Waals surface area contributed by atoms with Crippen molar-refractivity contribution < 1.29 is 9.90 Å². The van der Waals surface area contributed by atoms with Gasteiger partial charge in [0.1, 0.15) is 11.2 Å². The summed E-state index contributed by atoms with van der Waals surface area (Å²) in [5.74, 6) is 0.742. The summed E-state index contributed by atoms with van der Waals surface area (Å²) in [4.78, 5) is 28.4. The minimum absolute atomic E-state index is 0.0677. The van der Waals surface area contributed by atoms with E-state index in [4.69, 9.17) is 4.98 Å². The maximum atomic E-state index is 11.9. The lowest BCUT2D eigenvalue weighted by molar-refractivity contribution is 0.123. The molecule has 33 heavy (non-hydrogen) atoms. The Morgan fingerprint density at radius 2 is 2.12 bits per heavy atom. The summed E-state index contributed by atoms with van der Waals surface area (Å²) >= 11 is 0. The number of benzene rings is 1. The Morgan fingerprint density at radius 1 is 1.27 bits per heavy atom. The molecule has 1 aromatic carbocycles. The Hall–Kier alpha value is -3.59. The zero-order chi connectivity index (χ0) is 23.1. The van der Waals surface area contributed by atoms with Gasteiger partial charge in [-0.05, 0) is 49.7 Å². The Morgan fingerprint density at radius 3 is 2.91 bits per heavy atom. The molecule has 3 aromatic heterocycles. The van der Waals surface area contributed by atoms with E-state index in [1.807, 2.05) is 24.7 Å². The Labute approximate surface area is 192 Å². The fraction of sp³-hybridized carbons (Fsp3) is 0.375. The first-order valence-corrected chi connectivity index (χ1v) is 11.2. The molecule has 1 unspecified atom stereocenters. The fourth-order valence-electron chi connectivity index (χ4n) is 4.94. The average molecular weight is 448 g/mol. The summed E-state index contributed by atoms with van der Waals surface area (Å²) in [5, 5.41) is 13.9. The van der Waals surface area contributed by atoms with Gasteiger partial charge in [0.25, 0.3) is 0 Å². The third-order valence-corrected chi connectivity index (χ3v) is 6.53. The third-order valence-electron chi connectivity index (χ3n) is 6.53. The number of hydrogen-bond acceptors (Lipinski definition) is 5. The van der Waals surface area contributed by atoms with Gasteiger partial charge >= 0.3 is 6.09 Å². The number of aromatic amines is 1. The van der Waals surface area contributed by atoms with Crippen LogP contribution >= 0.6 is 0 Å². The summed E-state index contributed by atoms with van der Waals surface area (Å²) in [6.45, 7) is 2.23. The molecule has 0 bridgehead atoms. The molecule has 1 aliphatic rings. The number of carbonyl (C=O) groups is 1. The highest BCUT2D eigenvalue weighted by atomic mass is 16.4. The molecule has 9 nitrogen and oxygen atoms in total. The van der Waals surface area contributed by atoms with Gasteiger partial charge in [-0.15, -0.1) is 0 Å². The van der Waals surface area contributed by atoms with Crippen molar-refractivity contribution in [1.29, 1.82) is 0 Å². The summed E-state index contributed by atoms with van der Waals surface area (Å²) < 4.78 is 2.01. The maximum absolute atomic E-state index is 11.9. The molecule has 0 saturated carbocycles. The first-order valence-electron chi connectivity index (χ1n) is 11.2. The molecule has 0 radical (unpaired) electrons. The molecule has 0 spiro atoms. The van der Waals surface area contributed by atoms with Gasteiger partial charge < -0.3 is 29.8 Å². The minimum Gasteiger partial charge on any atom is -0.465 e. The molecular formula is C24H29N7O2. The van der Waals surface area contributed by atoms with Gasteiger partial charge in [0, 0.05) is 38.3 Å². The summed E-state index contributed by atoms with van der Waals surface area (Å²) in [5.41, 5.74) is 5.82. The molecule has 5 rings (SSSR count). The maximum Gasteiger partial charge on any atom is 0.407 e. The Bertz CT molecular complexity index is 1330. The number of hydrogen-bond donors (Lipinski definition) is 3. The Balaban J connectivity index is 1.51. The van der Waals surface area contributed by atoms with Gasteiger partial charge in [0.2, 0.25) is 0 Å². The van der Waals surface area contributed by atoms with E-state index < -0.39 is 6.09 Å². The molecule has 1 aliphatic heterocycles. The highest BCUT2D eigenvalue weighted by molar-refractivity contribution is 6.07. The summed E-state index contributed by atoms with van der Waals surface area (Å²) in [6, 6.07) is 10.4. The van der Waals surface area contributed by atoms with Crippen LogP contribution < -0.4 is 5.32 Å². The highest BCUT2D eigenvalue weighted by Crippen LogP contribution is 2.32. The van der Waals surface area contributed by atoms with Crippen molar-refractivity contribution in [3.63, 3.8) is 0 Å². The van der Waals surface area contributed by atoms with Crippen molar-refractivity contribution in [2.24, 2.45) is 7.05 Å². The van der Waals surface area contributed by atoms with Gasteiger partial charge in [-0.25, -0.2) is 14.8 Å². The van der Waals surface area contributed by atoms with Gasteiger partial charge in [-0.3, -0.25) is 0 Å². The number of fused-ring (bicyclic) bond motifs is 3. The van der Waals surface area contributed by atoms with Crippen LogP contribution in [0.1, 0.15) is 12.0 Å². The molecule has 1 saturated heterocycles. The number of anilines is 1. The average Bonchev–Trinajstić information content (AvgIpc) is 3.33. The van der Waals surface area contributed by atoms with Gasteiger partial charge in [-0.2, -0.15) is 0 Å². The lowest BCUT2D eigenvalue weighted by Crippen LogP contribution is -2.44. The molecule has 4 heterocycles. The normalized spacial score (nSPS) is 17.5. The largest absolute Gasteiger partial charge is 0.465 e. The second-order valence-electron chi connectivity index (χ2n) is 8.86. The third kappa shape index (κ3) is 3.89. The molecule has 172 valence electrons. The standard InChI is InChI=1S/C24H29N7O2/c1-25-23-20-21(30(3)14-26-20)18-12-19(27-22(18)28-23)16-7-4-6-15(10-16)11-17-13-29(2)8-5-9-31(17)24(32)33/h4,6-7,10,12,14,17H,5,8-9,11,13H2,1-3H3,(H,32,33)(H2,25,27,28). The van der Waals surface area contributed by atoms with E-state index in [1.165, 1.54) is 0 Å². The second-order valence-corrected chi connectivity index (χ2v) is 8.86. The van der Waals surface area contributed by atoms with E-state index in [1.54, 1.807) is 11.2 Å². The number of aryl methyl sites for hydroxylation is 1. The molecule has 1 fully saturated rings. The van der Waals surface area contributed by atoms with Crippen molar-refractivity contribution >= 4 is 34.0 Å². The zero-order valence-corrected chi connectivity index (χ0v) is 19.2. The first kappa shape index (κ1) is 21.3. The van der Waals surface area contributed by atoms with E-state index in [0.717, 1.165) is 64.2 Å². The zero-order valence-electron chi connectivity index (χ0n) is 19.2. The second kappa shape index (κ2) is 8.40. The van der Waals surface area contributed by atoms with E-state index in [-0.39, 0.29) is 6.04 Å². The number of pyridine rings is 1. The lowest BCUT2D eigenvalue weighted by Gasteiger charge is -2.28. The van der Waals surface area contributed by atoms with Crippen LogP contribution in [0.25, 0.3) is 33.3 Å². The van der Waals surface area contributed by atoms with E-state index in [2.05, 4.69) is 51.5 Å². The van der Waals surface area contributed by atoms with Crippen LogP contribution in [0, 0.1) is 0 Å². The molecule has 9 heteroatoms. The summed E-state index contributed by atoms with van der Waals surface area (Å²) in [7, 11) is 5.89. The molecule has 4 aromatic rings. The van der Waals surface area contributed by atoms with Crippen LogP contribution in [-0.2, 0) is 13.5 Å². The van der Waals surface area contributed by atoms with Crippen molar-refractivity contribution in [2.45, 2.75) is 18.9 Å². The topological polar surface area (TPSA) is 102 Å². The quantitative estimate of drug-likeness (QED) is 0.443. The molecule has 3 N–H and O–H groups in total. The number of amides is 1. The van der Waals surface area contributed by atoms with E-state index >= 15 is 0 Å². The number of H-pyrrole nitrogens is 1. The SMILES string of the molecule is CNc1nc2[nH]c(-c3cccc(CC4CN(C)CCCN4C(=O)O)c3)cc2c2c1ncn2C. The van der Waals surface area contributed by atoms with Crippen LogP contribution in [0.2, 0.25) is 0 Å². The first-order chi connectivity index (χ1) is 15.9. The van der Waals surface area contributed by atoms with Gasteiger partial charge in [0.15, 0.2) is 5.82 Å². The number of imidazole rings is 1. The van der Waals surface area contributed by atoms with Crippen LogP contribution in [0.3, 0.4) is 0 Å². The van der Waals surface area contributed by atoms with Crippen LogP contribution in [0.15, 0.2) is 36.7 Å². The van der Waals surface area contributed by atoms with E-state index in [9.17, 15) is 9.90 Å². The van der Waals surface area contributed by atoms with Crippen molar-refractivity contribution in [2.75, 3.05) is 39.0 Å². The number of carboxylic acid groups (broad SMARTS) is 1. The number of rotatable bonds is 4. The van der Waals surface area contributed by atoms with Gasteiger partial charge in [0.05, 0.1) is 17.9 Å². The molecule has 0 aliphatic carbocycles. The van der Waals surface area contributed by atoms with Crippen LogP contribution in [0.5, 0.6) is 0 Å². The number of likely N-dealkylation sites (N-methyl/N-ethyl adjacent to an activating group) is 1. The number of nitrogens with zero attached hydrogens (tertiary/aromatic N) is 5. The Kier molecular flexibility index (Phi) is 5.41. The number of nitrogens with one attached hydrogen (secondary N) is 2. The molecule has 1 atom stereocenters. The predicted molar refractivity (Wildman–Crippen MR) is 130 cm³/mol. The summed E-state index contributed by atoms with van der Waals surface area (Å²) in [6.07, 6.45) is 2.50. The van der Waals surface area contributed by atoms with Crippen LogP contribution in [-0.4, -0.2) is 80.3 Å². The fourth-order valence-corrected chi connectivity index (χ4v) is 4.94. The molecular weight excluding hydrogens is 418 g/mol. The molecule has 1 amide bonds. The predicted octanol–water partition coefficient (Wildman–Crippen LogP) is 3.38. The lowest BCUT2D eigenvalue weighted by atomic mass is 10.0. The minimum atomic E-state index is -0.839. The smallest absolute Gasteiger partial charge is 0.407 e. The number of aromatic nitrogens is 4. The van der Waals surface area contributed by atoms with Crippen molar-refractivity contribution in [3.8, 4) is 11.3 Å². The van der Waals surface area contributed by atoms with Crippen molar-refractivity contribution in [1.82, 2.24) is 29.3 Å². The van der Waals surface area contributed by atoms with Crippen LogP contribution in [0.4, 0.5) is 10.6 Å². The van der Waals surface area contributed by atoms with E-state index in [0.29, 0.717) is 13.0 Å². The monoisotopic (exact) mass is 447 g/mol. The highest BCUT2D eigenvalue weighted by Gasteiger charge is 2.27.